The summed E-state index contributed by atoms with van der Waals surface area (Å²) in [6.45, 7) is 0. The Balaban J connectivity index is 2.55. The van der Waals surface area contributed by atoms with Gasteiger partial charge in [-0.05, 0) is 25.3 Å². The van der Waals surface area contributed by atoms with E-state index in [1.54, 1.807) is 13.2 Å². The number of carbonyl (C=O) groups is 1. The average molecular weight is 140 g/mol. The van der Waals surface area contributed by atoms with Gasteiger partial charge in [0.15, 0.2) is 5.78 Å². The van der Waals surface area contributed by atoms with Crippen molar-refractivity contribution in [3.8, 4) is 0 Å². The Morgan fingerprint density at radius 1 is 1.70 bits per heavy atom. The zero-order valence-corrected chi connectivity index (χ0v) is 6.17. The number of ether oxygens (including phenoxy) is 1. The van der Waals surface area contributed by atoms with Crippen LogP contribution in [0.5, 0.6) is 0 Å². The lowest BCUT2D eigenvalue weighted by molar-refractivity contribution is -0.124. The second-order valence-electron chi connectivity index (χ2n) is 2.46. The Hall–Kier alpha value is -0.630. The molecule has 0 amide bonds. The summed E-state index contributed by atoms with van der Waals surface area (Å²) in [4.78, 5) is 11.0. The fraction of sp³-hybridized carbons (Fsp3) is 0.625. The van der Waals surface area contributed by atoms with Crippen molar-refractivity contribution in [1.29, 1.82) is 0 Å². The number of methoxy groups -OCH3 is 1. The van der Waals surface area contributed by atoms with Crippen LogP contribution in [0, 0.1) is 0 Å². The maximum atomic E-state index is 11.0. The molecule has 2 heteroatoms. The summed E-state index contributed by atoms with van der Waals surface area (Å²) in [7, 11) is 1.59. The third kappa shape index (κ3) is 1.67. The van der Waals surface area contributed by atoms with E-state index in [9.17, 15) is 4.79 Å². The molecule has 0 aromatic heterocycles. The Morgan fingerprint density at radius 2 is 2.50 bits per heavy atom. The third-order valence-corrected chi connectivity index (χ3v) is 1.72. The molecule has 0 bridgehead atoms. The molecule has 1 unspecified atom stereocenters. The highest BCUT2D eigenvalue weighted by molar-refractivity contribution is 5.93. The Morgan fingerprint density at radius 3 is 3.20 bits per heavy atom. The molecule has 0 spiro atoms. The number of carbonyl (C=O) groups excluding carboxylic acids is 1. The minimum Gasteiger partial charge on any atom is -0.373 e. The zero-order chi connectivity index (χ0) is 7.40. The summed E-state index contributed by atoms with van der Waals surface area (Å²) in [5, 5.41) is 0. The van der Waals surface area contributed by atoms with E-state index in [2.05, 4.69) is 0 Å². The van der Waals surface area contributed by atoms with Gasteiger partial charge in [0.2, 0.25) is 0 Å². The van der Waals surface area contributed by atoms with E-state index in [4.69, 9.17) is 4.74 Å². The van der Waals surface area contributed by atoms with Crippen LogP contribution in [0.2, 0.25) is 0 Å². The molecule has 1 aliphatic rings. The lowest BCUT2D eigenvalue weighted by atomic mass is 10.1. The van der Waals surface area contributed by atoms with Crippen molar-refractivity contribution in [2.75, 3.05) is 7.11 Å². The van der Waals surface area contributed by atoms with Crippen molar-refractivity contribution in [3.63, 3.8) is 0 Å². The van der Waals surface area contributed by atoms with Crippen LogP contribution in [0.4, 0.5) is 0 Å². The molecule has 1 rings (SSSR count). The lowest BCUT2D eigenvalue weighted by Gasteiger charge is -2.07. The van der Waals surface area contributed by atoms with Crippen LogP contribution in [-0.2, 0) is 9.53 Å². The summed E-state index contributed by atoms with van der Waals surface area (Å²) in [6.07, 6.45) is 6.29. The van der Waals surface area contributed by atoms with Gasteiger partial charge < -0.3 is 4.74 Å². The highest BCUT2D eigenvalue weighted by Crippen LogP contribution is 2.10. The standard InChI is InChI=1S/C8H12O2/c1-10-8-6-4-2-3-5-7(8)9/h3,5,8H,2,4,6H2,1H3. The van der Waals surface area contributed by atoms with Gasteiger partial charge in [-0.25, -0.2) is 0 Å². The highest BCUT2D eigenvalue weighted by atomic mass is 16.5. The smallest absolute Gasteiger partial charge is 0.184 e. The molecule has 0 radical (unpaired) electrons. The van der Waals surface area contributed by atoms with E-state index >= 15 is 0 Å². The largest absolute Gasteiger partial charge is 0.373 e. The summed E-state index contributed by atoms with van der Waals surface area (Å²) >= 11 is 0. The number of rotatable bonds is 1. The predicted octanol–water partition coefficient (Wildman–Crippen LogP) is 1.31. The Bertz CT molecular complexity index is 149. The molecule has 2 nitrogen and oxygen atoms in total. The lowest BCUT2D eigenvalue weighted by Crippen LogP contribution is -2.19. The van der Waals surface area contributed by atoms with Crippen molar-refractivity contribution in [2.24, 2.45) is 0 Å². The second-order valence-corrected chi connectivity index (χ2v) is 2.46. The van der Waals surface area contributed by atoms with Crippen molar-refractivity contribution in [3.05, 3.63) is 12.2 Å². The molecule has 0 aliphatic heterocycles. The summed E-state index contributed by atoms with van der Waals surface area (Å²) < 4.78 is 4.98. The van der Waals surface area contributed by atoms with E-state index in [0.717, 1.165) is 19.3 Å². The van der Waals surface area contributed by atoms with Gasteiger partial charge >= 0.3 is 0 Å². The van der Waals surface area contributed by atoms with E-state index in [-0.39, 0.29) is 11.9 Å². The number of ketones is 1. The van der Waals surface area contributed by atoms with Gasteiger partial charge in [0, 0.05) is 7.11 Å². The first-order valence-corrected chi connectivity index (χ1v) is 3.58. The Kier molecular flexibility index (Phi) is 2.63. The molecule has 1 atom stereocenters. The first-order chi connectivity index (χ1) is 4.84. The molecule has 0 heterocycles. The van der Waals surface area contributed by atoms with Crippen LogP contribution in [-0.4, -0.2) is 19.0 Å². The van der Waals surface area contributed by atoms with Gasteiger partial charge in [0.1, 0.15) is 6.10 Å². The van der Waals surface area contributed by atoms with E-state index in [1.807, 2.05) is 6.08 Å². The fourth-order valence-corrected chi connectivity index (χ4v) is 1.10. The van der Waals surface area contributed by atoms with Gasteiger partial charge in [-0.1, -0.05) is 6.08 Å². The molecule has 56 valence electrons. The quantitative estimate of drug-likeness (QED) is 0.549. The van der Waals surface area contributed by atoms with Crippen LogP contribution in [0.3, 0.4) is 0 Å². The molecule has 0 saturated carbocycles. The van der Waals surface area contributed by atoms with Crippen molar-refractivity contribution >= 4 is 5.78 Å². The molecule has 0 saturated heterocycles. The maximum Gasteiger partial charge on any atom is 0.184 e. The van der Waals surface area contributed by atoms with Crippen molar-refractivity contribution < 1.29 is 9.53 Å². The van der Waals surface area contributed by atoms with E-state index in [0.29, 0.717) is 0 Å². The van der Waals surface area contributed by atoms with E-state index in [1.165, 1.54) is 0 Å². The fourth-order valence-electron chi connectivity index (χ4n) is 1.10. The van der Waals surface area contributed by atoms with Crippen LogP contribution in [0.15, 0.2) is 12.2 Å². The van der Waals surface area contributed by atoms with Gasteiger partial charge in [0.05, 0.1) is 0 Å². The summed E-state index contributed by atoms with van der Waals surface area (Å²) in [5.41, 5.74) is 0. The van der Waals surface area contributed by atoms with Crippen molar-refractivity contribution in [1.82, 2.24) is 0 Å². The average Bonchev–Trinajstić information content (AvgIpc) is 2.13. The number of allylic oxidation sites excluding steroid dienone is 1. The summed E-state index contributed by atoms with van der Waals surface area (Å²) in [6, 6.07) is 0. The van der Waals surface area contributed by atoms with Crippen LogP contribution in [0.25, 0.3) is 0 Å². The normalized spacial score (nSPS) is 26.5. The molecule has 10 heavy (non-hydrogen) atoms. The highest BCUT2D eigenvalue weighted by Gasteiger charge is 2.15. The molecule has 0 aromatic rings. The minimum atomic E-state index is -0.182. The minimum absolute atomic E-state index is 0.111. The second kappa shape index (κ2) is 3.52. The number of hydrogen-bond acceptors (Lipinski definition) is 2. The van der Waals surface area contributed by atoms with E-state index < -0.39 is 0 Å². The van der Waals surface area contributed by atoms with Gasteiger partial charge in [0.25, 0.3) is 0 Å². The molecule has 1 aliphatic carbocycles. The first kappa shape index (κ1) is 7.48. The molecular formula is C8H12O2. The SMILES string of the molecule is COC1CCCC=CC1=O. The van der Waals surface area contributed by atoms with Crippen LogP contribution < -0.4 is 0 Å². The van der Waals surface area contributed by atoms with Crippen LogP contribution in [0.1, 0.15) is 19.3 Å². The molecule has 0 aromatic carbocycles. The first-order valence-electron chi connectivity index (χ1n) is 3.58. The summed E-state index contributed by atoms with van der Waals surface area (Å²) in [5.74, 6) is 0.111. The van der Waals surface area contributed by atoms with Gasteiger partial charge in [-0.3, -0.25) is 4.79 Å². The van der Waals surface area contributed by atoms with Gasteiger partial charge in [-0.15, -0.1) is 0 Å². The van der Waals surface area contributed by atoms with Gasteiger partial charge in [-0.2, -0.15) is 0 Å². The molecule has 0 N–H and O–H groups in total. The predicted molar refractivity (Wildman–Crippen MR) is 38.8 cm³/mol. The maximum absolute atomic E-state index is 11.0. The number of hydrogen-bond donors (Lipinski definition) is 0. The monoisotopic (exact) mass is 140 g/mol. The van der Waals surface area contributed by atoms with Crippen molar-refractivity contribution in [2.45, 2.75) is 25.4 Å². The zero-order valence-electron chi connectivity index (χ0n) is 6.17. The third-order valence-electron chi connectivity index (χ3n) is 1.72. The van der Waals surface area contributed by atoms with Crippen LogP contribution >= 0.6 is 0 Å². The topological polar surface area (TPSA) is 26.3 Å². The Labute approximate surface area is 60.9 Å². The molecular weight excluding hydrogens is 128 g/mol. The molecule has 0 fully saturated rings.